The number of rotatable bonds is 2. The van der Waals surface area contributed by atoms with Crippen LogP contribution in [0.25, 0.3) is 0 Å². The lowest BCUT2D eigenvalue weighted by atomic mass is 10.1. The molecule has 0 fully saturated rings. The van der Waals surface area contributed by atoms with Crippen molar-refractivity contribution in [3.63, 3.8) is 0 Å². The highest BCUT2D eigenvalue weighted by Gasteiger charge is 2.04. The van der Waals surface area contributed by atoms with Crippen molar-refractivity contribution in [2.75, 3.05) is 0 Å². The molecule has 0 atom stereocenters. The Balaban J connectivity index is 3.12. The van der Waals surface area contributed by atoms with Crippen LogP contribution in [0.3, 0.4) is 0 Å². The van der Waals surface area contributed by atoms with E-state index < -0.39 is 5.91 Å². The van der Waals surface area contributed by atoms with Gasteiger partial charge >= 0.3 is 0 Å². The minimum absolute atomic E-state index is 0.174. The van der Waals surface area contributed by atoms with Gasteiger partial charge in [0.15, 0.2) is 0 Å². The molecule has 1 aromatic carbocycles. The predicted octanol–water partition coefficient (Wildman–Crippen LogP) is 0.0780. The minimum atomic E-state index is -0.536. The van der Waals surface area contributed by atoms with Crippen LogP contribution in [0.5, 0.6) is 0 Å². The first-order chi connectivity index (χ1) is 5.25. The molecule has 57 valence electrons. The fraction of sp³-hybridized carbons (Fsp3) is 0.125. The van der Waals surface area contributed by atoms with Crippen molar-refractivity contribution in [1.82, 2.24) is 0 Å². The Labute approximate surface area is 64.5 Å². The molecule has 0 unspecified atom stereocenters. The van der Waals surface area contributed by atoms with Gasteiger partial charge in [-0.2, -0.15) is 0 Å². The lowest BCUT2D eigenvalue weighted by molar-refractivity contribution is 0.0997. The van der Waals surface area contributed by atoms with E-state index in [0.29, 0.717) is 11.1 Å². The van der Waals surface area contributed by atoms with E-state index in [4.69, 9.17) is 10.8 Å². The average molecular weight is 150 g/mol. The molecular formula is C8H8NO2. The maximum absolute atomic E-state index is 10.7. The van der Waals surface area contributed by atoms with Crippen LogP contribution in [0.4, 0.5) is 0 Å². The summed E-state index contributed by atoms with van der Waals surface area (Å²) in [6.07, 6.45) is 0. The van der Waals surface area contributed by atoms with Gasteiger partial charge in [0.1, 0.15) is 0 Å². The molecule has 0 spiro atoms. The summed E-state index contributed by atoms with van der Waals surface area (Å²) in [6, 6.07) is 7.41. The predicted molar refractivity (Wildman–Crippen MR) is 39.7 cm³/mol. The summed E-state index contributed by atoms with van der Waals surface area (Å²) in [5.41, 5.74) is 5.89. The van der Waals surface area contributed by atoms with Crippen LogP contribution in [0.2, 0.25) is 0 Å². The molecular weight excluding hydrogens is 142 g/mol. The Morgan fingerprint density at radius 3 is 2.91 bits per heavy atom. The molecule has 1 rings (SSSR count). The molecule has 3 N–H and O–H groups in total. The Hall–Kier alpha value is -1.35. The molecule has 3 heteroatoms. The maximum atomic E-state index is 10.7. The van der Waals surface area contributed by atoms with Crippen molar-refractivity contribution < 1.29 is 9.90 Å². The number of carbonyl (C=O) groups excluding carboxylic acids is 1. The Morgan fingerprint density at radius 2 is 2.45 bits per heavy atom. The lowest BCUT2D eigenvalue weighted by Gasteiger charge is -2.00. The van der Waals surface area contributed by atoms with Crippen molar-refractivity contribution >= 4 is 5.91 Å². The number of nitrogens with two attached hydrogens (primary N) is 1. The zero-order chi connectivity index (χ0) is 8.27. The van der Waals surface area contributed by atoms with Crippen LogP contribution < -0.4 is 5.73 Å². The third kappa shape index (κ3) is 1.56. The number of aliphatic hydroxyl groups is 1. The first-order valence-electron chi connectivity index (χ1n) is 3.15. The van der Waals surface area contributed by atoms with E-state index in [9.17, 15) is 4.79 Å². The van der Waals surface area contributed by atoms with Crippen LogP contribution in [-0.4, -0.2) is 11.0 Å². The third-order valence-corrected chi connectivity index (χ3v) is 1.39. The smallest absolute Gasteiger partial charge is 0.249 e. The van der Waals surface area contributed by atoms with Crippen molar-refractivity contribution in [3.8, 4) is 0 Å². The Kier molecular flexibility index (Phi) is 2.23. The molecule has 0 heterocycles. The molecule has 0 saturated heterocycles. The van der Waals surface area contributed by atoms with Gasteiger partial charge in [-0.25, -0.2) is 0 Å². The Morgan fingerprint density at radius 1 is 1.73 bits per heavy atom. The van der Waals surface area contributed by atoms with Gasteiger partial charge in [0, 0.05) is 5.56 Å². The van der Waals surface area contributed by atoms with Gasteiger partial charge in [0.2, 0.25) is 5.91 Å². The van der Waals surface area contributed by atoms with Crippen LogP contribution in [-0.2, 0) is 6.61 Å². The summed E-state index contributed by atoms with van der Waals surface area (Å²) in [4.78, 5) is 10.7. The van der Waals surface area contributed by atoms with E-state index >= 15 is 0 Å². The molecule has 0 aliphatic heterocycles. The standard InChI is InChI=1S/C8H8NO2/c9-8(11)7-4-2-1-3-6(7)5-10/h1,3-4,10H,5H2,(H2,9,11). The molecule has 1 amide bonds. The number of aliphatic hydroxyl groups excluding tert-OH is 1. The number of hydrogen-bond acceptors (Lipinski definition) is 2. The molecule has 1 aromatic rings. The quantitative estimate of drug-likeness (QED) is 0.627. The SMILES string of the molecule is NC(=O)c1c[c]ccc1CO. The van der Waals surface area contributed by atoms with Gasteiger partial charge in [-0.05, 0) is 17.7 Å². The van der Waals surface area contributed by atoms with Gasteiger partial charge in [-0.3, -0.25) is 4.79 Å². The second-order valence-corrected chi connectivity index (χ2v) is 2.11. The van der Waals surface area contributed by atoms with Crippen molar-refractivity contribution in [2.24, 2.45) is 5.73 Å². The summed E-state index contributed by atoms with van der Waals surface area (Å²) >= 11 is 0. The number of benzene rings is 1. The summed E-state index contributed by atoms with van der Waals surface area (Å²) in [7, 11) is 0. The Bertz CT molecular complexity index is 271. The van der Waals surface area contributed by atoms with E-state index in [1.54, 1.807) is 12.1 Å². The highest BCUT2D eigenvalue weighted by Crippen LogP contribution is 2.06. The molecule has 11 heavy (non-hydrogen) atoms. The molecule has 3 nitrogen and oxygen atoms in total. The molecule has 1 radical (unpaired) electrons. The zero-order valence-corrected chi connectivity index (χ0v) is 5.87. The maximum Gasteiger partial charge on any atom is 0.249 e. The molecule has 0 aromatic heterocycles. The molecule has 0 saturated carbocycles. The highest BCUT2D eigenvalue weighted by atomic mass is 16.3. The minimum Gasteiger partial charge on any atom is -0.392 e. The summed E-state index contributed by atoms with van der Waals surface area (Å²) < 4.78 is 0. The zero-order valence-electron chi connectivity index (χ0n) is 5.87. The monoisotopic (exact) mass is 150 g/mol. The number of amides is 1. The summed E-state index contributed by atoms with van der Waals surface area (Å²) in [5.74, 6) is -0.536. The number of carbonyl (C=O) groups is 1. The van der Waals surface area contributed by atoms with Gasteiger partial charge < -0.3 is 10.8 Å². The van der Waals surface area contributed by atoms with E-state index in [1.807, 2.05) is 0 Å². The van der Waals surface area contributed by atoms with Crippen molar-refractivity contribution in [3.05, 3.63) is 35.4 Å². The van der Waals surface area contributed by atoms with Crippen molar-refractivity contribution in [2.45, 2.75) is 6.61 Å². The first-order valence-corrected chi connectivity index (χ1v) is 3.15. The van der Waals surface area contributed by atoms with Crippen LogP contribution in [0, 0.1) is 6.07 Å². The van der Waals surface area contributed by atoms with Gasteiger partial charge in [-0.15, -0.1) is 0 Å². The molecule has 0 aliphatic carbocycles. The van der Waals surface area contributed by atoms with E-state index in [1.165, 1.54) is 6.07 Å². The first kappa shape index (κ1) is 7.75. The van der Waals surface area contributed by atoms with E-state index in [2.05, 4.69) is 6.07 Å². The largest absolute Gasteiger partial charge is 0.392 e. The van der Waals surface area contributed by atoms with E-state index in [-0.39, 0.29) is 6.61 Å². The fourth-order valence-electron chi connectivity index (χ4n) is 0.830. The molecule has 0 aliphatic rings. The van der Waals surface area contributed by atoms with Crippen LogP contribution >= 0.6 is 0 Å². The third-order valence-electron chi connectivity index (χ3n) is 1.39. The van der Waals surface area contributed by atoms with Crippen LogP contribution in [0.15, 0.2) is 18.2 Å². The second-order valence-electron chi connectivity index (χ2n) is 2.11. The van der Waals surface area contributed by atoms with Crippen LogP contribution in [0.1, 0.15) is 15.9 Å². The average Bonchev–Trinajstić information content (AvgIpc) is 2.04. The highest BCUT2D eigenvalue weighted by molar-refractivity contribution is 5.94. The fourth-order valence-corrected chi connectivity index (χ4v) is 0.830. The topological polar surface area (TPSA) is 63.3 Å². The van der Waals surface area contributed by atoms with E-state index in [0.717, 1.165) is 0 Å². The van der Waals surface area contributed by atoms with Crippen molar-refractivity contribution in [1.29, 1.82) is 0 Å². The number of primary amides is 1. The normalized spacial score (nSPS) is 9.55. The summed E-state index contributed by atoms with van der Waals surface area (Å²) in [6.45, 7) is -0.174. The van der Waals surface area contributed by atoms with Gasteiger partial charge in [0.05, 0.1) is 6.61 Å². The number of hydrogen-bond donors (Lipinski definition) is 2. The summed E-state index contributed by atoms with van der Waals surface area (Å²) in [5, 5.41) is 8.75. The second kappa shape index (κ2) is 3.16. The van der Waals surface area contributed by atoms with Gasteiger partial charge in [-0.1, -0.05) is 12.1 Å². The molecule has 0 bridgehead atoms. The van der Waals surface area contributed by atoms with Gasteiger partial charge in [0.25, 0.3) is 0 Å². The lowest BCUT2D eigenvalue weighted by Crippen LogP contribution is -2.13.